The van der Waals surface area contributed by atoms with E-state index in [4.69, 9.17) is 0 Å². The van der Waals surface area contributed by atoms with Crippen LogP contribution >= 0.6 is 0 Å². The second kappa shape index (κ2) is 8.60. The Labute approximate surface area is 128 Å². The van der Waals surface area contributed by atoms with Crippen molar-refractivity contribution in [2.24, 2.45) is 0 Å². The first kappa shape index (κ1) is 15.7. The van der Waals surface area contributed by atoms with Gasteiger partial charge in [0, 0.05) is 13.1 Å². The Kier molecular flexibility index (Phi) is 6.45. The van der Waals surface area contributed by atoms with Gasteiger partial charge in [-0.05, 0) is 30.0 Å². The number of nitrogens with zero attached hydrogens (tertiary/aromatic N) is 1. The van der Waals surface area contributed by atoms with Gasteiger partial charge in [-0.1, -0.05) is 67.6 Å². The summed E-state index contributed by atoms with van der Waals surface area (Å²) >= 11 is 0. The van der Waals surface area contributed by atoms with Crippen LogP contribution in [-0.2, 0) is 6.54 Å². The number of aliphatic hydroxyl groups is 1. The number of rotatable bonds is 8. The maximum Gasteiger partial charge on any atom is 0.0558 e. The molecule has 21 heavy (non-hydrogen) atoms. The molecule has 0 aliphatic heterocycles. The van der Waals surface area contributed by atoms with Crippen LogP contribution in [0.2, 0.25) is 0 Å². The maximum atomic E-state index is 9.26. The van der Waals surface area contributed by atoms with E-state index in [1.807, 2.05) is 6.07 Å². The van der Waals surface area contributed by atoms with Gasteiger partial charge < -0.3 is 5.11 Å². The molecule has 0 radical (unpaired) electrons. The van der Waals surface area contributed by atoms with Gasteiger partial charge in [-0.25, -0.2) is 0 Å². The molecule has 0 aliphatic carbocycles. The lowest BCUT2D eigenvalue weighted by molar-refractivity contribution is 0.186. The number of benzene rings is 2. The van der Waals surface area contributed by atoms with E-state index < -0.39 is 0 Å². The lowest BCUT2D eigenvalue weighted by atomic mass is 9.97. The first-order valence-corrected chi connectivity index (χ1v) is 7.71. The molecule has 0 aliphatic rings. The Morgan fingerprint density at radius 3 is 2.14 bits per heavy atom. The zero-order chi connectivity index (χ0) is 14.9. The Morgan fingerprint density at radius 2 is 1.52 bits per heavy atom. The van der Waals surface area contributed by atoms with Crippen LogP contribution in [0.5, 0.6) is 0 Å². The molecule has 0 bridgehead atoms. The van der Waals surface area contributed by atoms with E-state index in [2.05, 4.69) is 66.4 Å². The fourth-order valence-corrected chi connectivity index (χ4v) is 2.58. The fourth-order valence-electron chi connectivity index (χ4n) is 2.58. The lowest BCUT2D eigenvalue weighted by Gasteiger charge is -2.23. The summed E-state index contributed by atoms with van der Waals surface area (Å²) in [6, 6.07) is 21.1. The van der Waals surface area contributed by atoms with Crippen LogP contribution in [0.25, 0.3) is 0 Å². The standard InChI is InChI=1S/C19H25NO/c1-17(19-10-6-3-7-11-19)12-13-20(14-15-21)16-18-8-4-2-5-9-18/h2-11,17,21H,12-16H2,1H3/t17-/m1/s1. The molecule has 2 aromatic rings. The molecule has 112 valence electrons. The third-order valence-electron chi connectivity index (χ3n) is 3.91. The molecule has 0 unspecified atom stereocenters. The number of hydrogen-bond acceptors (Lipinski definition) is 2. The summed E-state index contributed by atoms with van der Waals surface area (Å²) in [6.07, 6.45) is 1.11. The fraction of sp³-hybridized carbons (Fsp3) is 0.368. The van der Waals surface area contributed by atoms with E-state index >= 15 is 0 Å². The minimum Gasteiger partial charge on any atom is -0.395 e. The zero-order valence-corrected chi connectivity index (χ0v) is 12.8. The van der Waals surface area contributed by atoms with E-state index in [1.165, 1.54) is 11.1 Å². The summed E-state index contributed by atoms with van der Waals surface area (Å²) in [7, 11) is 0. The summed E-state index contributed by atoms with van der Waals surface area (Å²) < 4.78 is 0. The quantitative estimate of drug-likeness (QED) is 0.799. The topological polar surface area (TPSA) is 23.5 Å². The highest BCUT2D eigenvalue weighted by Crippen LogP contribution is 2.19. The van der Waals surface area contributed by atoms with Crippen LogP contribution in [0.3, 0.4) is 0 Å². The van der Waals surface area contributed by atoms with Crippen molar-refractivity contribution in [2.75, 3.05) is 19.7 Å². The van der Waals surface area contributed by atoms with Crippen molar-refractivity contribution in [2.45, 2.75) is 25.8 Å². The van der Waals surface area contributed by atoms with Crippen LogP contribution in [0, 0.1) is 0 Å². The normalized spacial score (nSPS) is 12.5. The van der Waals surface area contributed by atoms with E-state index in [9.17, 15) is 5.11 Å². The molecule has 1 N–H and O–H groups in total. The van der Waals surface area contributed by atoms with Gasteiger partial charge in [0.2, 0.25) is 0 Å². The second-order valence-corrected chi connectivity index (χ2v) is 5.59. The largest absolute Gasteiger partial charge is 0.395 e. The summed E-state index contributed by atoms with van der Waals surface area (Å²) in [4.78, 5) is 2.33. The van der Waals surface area contributed by atoms with E-state index in [0.717, 1.165) is 26.1 Å². The molecule has 1 atom stereocenters. The maximum absolute atomic E-state index is 9.26. The highest BCUT2D eigenvalue weighted by Gasteiger charge is 2.10. The summed E-state index contributed by atoms with van der Waals surface area (Å²) in [6.45, 7) is 5.13. The highest BCUT2D eigenvalue weighted by molar-refractivity contribution is 5.18. The minimum atomic E-state index is 0.215. The lowest BCUT2D eigenvalue weighted by Crippen LogP contribution is -2.28. The van der Waals surface area contributed by atoms with Crippen LogP contribution < -0.4 is 0 Å². The summed E-state index contributed by atoms with van der Waals surface area (Å²) in [5.74, 6) is 0.545. The van der Waals surface area contributed by atoms with Gasteiger partial charge in [0.1, 0.15) is 0 Å². The van der Waals surface area contributed by atoms with Crippen molar-refractivity contribution < 1.29 is 5.11 Å². The van der Waals surface area contributed by atoms with Crippen LogP contribution in [-0.4, -0.2) is 29.7 Å². The summed E-state index contributed by atoms with van der Waals surface area (Å²) in [5.41, 5.74) is 2.69. The second-order valence-electron chi connectivity index (χ2n) is 5.59. The van der Waals surface area contributed by atoms with Gasteiger partial charge in [0.15, 0.2) is 0 Å². The predicted molar refractivity (Wildman–Crippen MR) is 88.3 cm³/mol. The Balaban J connectivity index is 1.88. The average molecular weight is 283 g/mol. The smallest absolute Gasteiger partial charge is 0.0558 e. The van der Waals surface area contributed by atoms with E-state index in [-0.39, 0.29) is 6.61 Å². The molecule has 0 fully saturated rings. The van der Waals surface area contributed by atoms with Crippen molar-refractivity contribution in [1.29, 1.82) is 0 Å². The molecule has 0 aromatic heterocycles. The highest BCUT2D eigenvalue weighted by atomic mass is 16.3. The number of aliphatic hydroxyl groups excluding tert-OH is 1. The molecule has 2 heteroatoms. The third-order valence-corrected chi connectivity index (χ3v) is 3.91. The average Bonchev–Trinajstić information content (AvgIpc) is 2.54. The van der Waals surface area contributed by atoms with Crippen molar-refractivity contribution >= 4 is 0 Å². The molecule has 2 aromatic carbocycles. The van der Waals surface area contributed by atoms with E-state index in [1.54, 1.807) is 0 Å². The summed E-state index contributed by atoms with van der Waals surface area (Å²) in [5, 5.41) is 9.26. The van der Waals surface area contributed by atoms with Gasteiger partial charge in [-0.2, -0.15) is 0 Å². The molecule has 0 heterocycles. The van der Waals surface area contributed by atoms with Crippen molar-refractivity contribution in [3.05, 3.63) is 71.8 Å². The molecule has 2 rings (SSSR count). The van der Waals surface area contributed by atoms with Gasteiger partial charge in [0.05, 0.1) is 6.61 Å². The number of hydrogen-bond donors (Lipinski definition) is 1. The van der Waals surface area contributed by atoms with Crippen LogP contribution in [0.15, 0.2) is 60.7 Å². The van der Waals surface area contributed by atoms with Gasteiger partial charge in [-0.15, -0.1) is 0 Å². The van der Waals surface area contributed by atoms with Crippen molar-refractivity contribution in [3.8, 4) is 0 Å². The molecule has 2 nitrogen and oxygen atoms in total. The SMILES string of the molecule is C[C@H](CCN(CCO)Cc1ccccc1)c1ccccc1. The van der Waals surface area contributed by atoms with Crippen molar-refractivity contribution in [3.63, 3.8) is 0 Å². The Bertz CT molecular complexity index is 497. The minimum absolute atomic E-state index is 0.215. The molecular weight excluding hydrogens is 258 g/mol. The Hall–Kier alpha value is -1.64. The molecule has 0 amide bonds. The van der Waals surface area contributed by atoms with Gasteiger partial charge in [-0.3, -0.25) is 4.90 Å². The van der Waals surface area contributed by atoms with Crippen molar-refractivity contribution in [1.82, 2.24) is 4.90 Å². The van der Waals surface area contributed by atoms with Crippen LogP contribution in [0.1, 0.15) is 30.4 Å². The Morgan fingerprint density at radius 1 is 0.905 bits per heavy atom. The third kappa shape index (κ3) is 5.33. The van der Waals surface area contributed by atoms with Gasteiger partial charge >= 0.3 is 0 Å². The monoisotopic (exact) mass is 283 g/mol. The molecule has 0 spiro atoms. The van der Waals surface area contributed by atoms with Gasteiger partial charge in [0.25, 0.3) is 0 Å². The predicted octanol–water partition coefficient (Wildman–Crippen LogP) is 3.67. The van der Waals surface area contributed by atoms with Crippen LogP contribution in [0.4, 0.5) is 0 Å². The first-order valence-electron chi connectivity index (χ1n) is 7.71. The molecule has 0 saturated carbocycles. The molecule has 0 saturated heterocycles. The zero-order valence-electron chi connectivity index (χ0n) is 12.8. The first-order chi connectivity index (χ1) is 10.3. The van der Waals surface area contributed by atoms with E-state index in [0.29, 0.717) is 5.92 Å². The molecular formula is C19H25NO.